The molecule has 17 heavy (non-hydrogen) atoms. The monoisotopic (exact) mass is 266 g/mol. The molecule has 0 aliphatic rings. The minimum absolute atomic E-state index is 0.659. The van der Waals surface area contributed by atoms with Crippen LogP contribution >= 0.6 is 24.0 Å². The minimum atomic E-state index is 0.659. The third kappa shape index (κ3) is 2.95. The molecular formula is C11H14N4S2. The third-order valence-corrected chi connectivity index (χ3v) is 3.39. The van der Waals surface area contributed by atoms with Gasteiger partial charge in [0.05, 0.1) is 0 Å². The van der Waals surface area contributed by atoms with Crippen LogP contribution in [0.1, 0.15) is 6.42 Å². The lowest BCUT2D eigenvalue weighted by molar-refractivity contribution is 0.678. The second kappa shape index (κ2) is 5.97. The maximum Gasteiger partial charge on any atom is 0.195 e. The van der Waals surface area contributed by atoms with Crippen molar-refractivity contribution in [3.63, 3.8) is 0 Å². The summed E-state index contributed by atoms with van der Waals surface area (Å²) in [7, 11) is 0. The Morgan fingerprint density at radius 2 is 2.35 bits per heavy atom. The highest BCUT2D eigenvalue weighted by molar-refractivity contribution is 7.98. The number of thioether (sulfide) groups is 1. The Morgan fingerprint density at radius 3 is 3.06 bits per heavy atom. The number of aromatic amines is 1. The van der Waals surface area contributed by atoms with Gasteiger partial charge in [-0.3, -0.25) is 14.6 Å². The zero-order valence-corrected chi connectivity index (χ0v) is 11.2. The Morgan fingerprint density at radius 1 is 1.47 bits per heavy atom. The Balaban J connectivity index is 2.26. The summed E-state index contributed by atoms with van der Waals surface area (Å²) in [6, 6.07) is 5.78. The molecule has 2 rings (SSSR count). The lowest BCUT2D eigenvalue weighted by Crippen LogP contribution is -2.02. The van der Waals surface area contributed by atoms with Crippen LogP contribution in [0.3, 0.4) is 0 Å². The van der Waals surface area contributed by atoms with E-state index in [9.17, 15) is 0 Å². The molecule has 90 valence electrons. The molecule has 0 saturated heterocycles. The summed E-state index contributed by atoms with van der Waals surface area (Å²) < 4.78 is 2.67. The number of pyridine rings is 1. The quantitative estimate of drug-likeness (QED) is 0.668. The first-order valence-electron chi connectivity index (χ1n) is 5.38. The molecule has 1 N–H and O–H groups in total. The molecule has 0 saturated carbocycles. The van der Waals surface area contributed by atoms with E-state index in [1.165, 1.54) is 0 Å². The normalized spacial score (nSPS) is 10.6. The van der Waals surface area contributed by atoms with Crippen LogP contribution in [-0.2, 0) is 6.54 Å². The smallest absolute Gasteiger partial charge is 0.195 e. The molecule has 2 heterocycles. The predicted octanol–water partition coefficient (Wildman–Crippen LogP) is 2.76. The highest BCUT2D eigenvalue weighted by Gasteiger charge is 2.08. The van der Waals surface area contributed by atoms with Crippen molar-refractivity contribution >= 4 is 24.0 Å². The summed E-state index contributed by atoms with van der Waals surface area (Å²) >= 11 is 7.07. The molecule has 0 aromatic carbocycles. The Hall–Kier alpha value is -1.14. The van der Waals surface area contributed by atoms with Crippen LogP contribution in [0.25, 0.3) is 11.5 Å². The third-order valence-electron chi connectivity index (χ3n) is 2.38. The van der Waals surface area contributed by atoms with Crippen molar-refractivity contribution in [3.8, 4) is 11.5 Å². The Kier molecular flexibility index (Phi) is 4.33. The number of nitrogens with one attached hydrogen (secondary N) is 1. The first-order chi connectivity index (χ1) is 8.33. The molecule has 6 heteroatoms. The Bertz CT molecular complexity index is 518. The van der Waals surface area contributed by atoms with Crippen LogP contribution in [0.2, 0.25) is 0 Å². The van der Waals surface area contributed by atoms with E-state index in [-0.39, 0.29) is 0 Å². The van der Waals surface area contributed by atoms with E-state index < -0.39 is 0 Å². The summed E-state index contributed by atoms with van der Waals surface area (Å²) in [5, 5.41) is 7.07. The van der Waals surface area contributed by atoms with Crippen molar-refractivity contribution in [1.82, 2.24) is 19.7 Å². The highest BCUT2D eigenvalue weighted by Crippen LogP contribution is 2.14. The number of aromatic nitrogens is 4. The first kappa shape index (κ1) is 12.3. The molecule has 0 aliphatic carbocycles. The molecule has 0 unspecified atom stereocenters. The second-order valence-electron chi connectivity index (χ2n) is 3.57. The molecule has 2 aromatic heterocycles. The Labute approximate surface area is 109 Å². The van der Waals surface area contributed by atoms with Crippen LogP contribution in [-0.4, -0.2) is 31.8 Å². The predicted molar refractivity (Wildman–Crippen MR) is 73.6 cm³/mol. The van der Waals surface area contributed by atoms with Crippen molar-refractivity contribution in [3.05, 3.63) is 29.2 Å². The lowest BCUT2D eigenvalue weighted by Gasteiger charge is -2.05. The molecule has 0 fully saturated rings. The van der Waals surface area contributed by atoms with Gasteiger partial charge in [-0.05, 0) is 42.8 Å². The minimum Gasteiger partial charge on any atom is -0.299 e. The van der Waals surface area contributed by atoms with Gasteiger partial charge in [0.2, 0.25) is 0 Å². The fourth-order valence-corrected chi connectivity index (χ4v) is 2.22. The van der Waals surface area contributed by atoms with Crippen LogP contribution in [0.5, 0.6) is 0 Å². The van der Waals surface area contributed by atoms with Crippen molar-refractivity contribution in [1.29, 1.82) is 0 Å². The number of hydrogen-bond donors (Lipinski definition) is 1. The first-order valence-corrected chi connectivity index (χ1v) is 7.18. The lowest BCUT2D eigenvalue weighted by atomic mass is 10.3. The van der Waals surface area contributed by atoms with Gasteiger partial charge in [-0.1, -0.05) is 6.07 Å². The van der Waals surface area contributed by atoms with Gasteiger partial charge >= 0.3 is 0 Å². The standard InChI is InChI=1S/C11H14N4S2/c1-17-8-4-7-15-10(13-14-11(15)16)9-5-2-3-6-12-9/h2-3,5-6H,4,7-8H2,1H3,(H,14,16). The summed E-state index contributed by atoms with van der Waals surface area (Å²) in [6.07, 6.45) is 4.95. The molecular weight excluding hydrogens is 252 g/mol. The molecule has 2 aromatic rings. The van der Waals surface area contributed by atoms with E-state index in [1.54, 1.807) is 6.20 Å². The van der Waals surface area contributed by atoms with Crippen LogP contribution in [0.4, 0.5) is 0 Å². The summed E-state index contributed by atoms with van der Waals surface area (Å²) in [6.45, 7) is 0.877. The van der Waals surface area contributed by atoms with Crippen molar-refractivity contribution < 1.29 is 0 Å². The van der Waals surface area contributed by atoms with Crippen molar-refractivity contribution in [2.45, 2.75) is 13.0 Å². The van der Waals surface area contributed by atoms with Crippen molar-refractivity contribution in [2.24, 2.45) is 0 Å². The van der Waals surface area contributed by atoms with Crippen LogP contribution in [0, 0.1) is 4.77 Å². The summed E-state index contributed by atoms with van der Waals surface area (Å²) in [4.78, 5) is 4.30. The largest absolute Gasteiger partial charge is 0.299 e. The van der Waals surface area contributed by atoms with E-state index in [1.807, 2.05) is 34.5 Å². The number of hydrogen-bond acceptors (Lipinski definition) is 4. The SMILES string of the molecule is CSCCCn1c(-c2ccccn2)n[nH]c1=S. The van der Waals surface area contributed by atoms with E-state index in [2.05, 4.69) is 21.4 Å². The molecule has 0 aliphatic heterocycles. The molecule has 0 atom stereocenters. The van der Waals surface area contributed by atoms with Gasteiger partial charge in [0.15, 0.2) is 10.6 Å². The molecule has 4 nitrogen and oxygen atoms in total. The van der Waals surface area contributed by atoms with Gasteiger partial charge in [-0.25, -0.2) is 0 Å². The summed E-state index contributed by atoms with van der Waals surface area (Å²) in [5.74, 6) is 1.94. The van der Waals surface area contributed by atoms with Gasteiger partial charge < -0.3 is 0 Å². The van der Waals surface area contributed by atoms with Gasteiger partial charge in [0.25, 0.3) is 0 Å². The van der Waals surface area contributed by atoms with Gasteiger partial charge in [0.1, 0.15) is 5.69 Å². The zero-order chi connectivity index (χ0) is 12.1. The fourth-order valence-electron chi connectivity index (χ4n) is 1.58. The number of H-pyrrole nitrogens is 1. The average molecular weight is 266 g/mol. The number of nitrogens with zero attached hydrogens (tertiary/aromatic N) is 3. The van der Waals surface area contributed by atoms with Gasteiger partial charge in [0, 0.05) is 12.7 Å². The zero-order valence-electron chi connectivity index (χ0n) is 9.59. The van der Waals surface area contributed by atoms with E-state index in [0.717, 1.165) is 30.2 Å². The summed E-state index contributed by atoms with van der Waals surface area (Å²) in [5.41, 5.74) is 0.851. The fraction of sp³-hybridized carbons (Fsp3) is 0.364. The van der Waals surface area contributed by atoms with Gasteiger partial charge in [-0.2, -0.15) is 16.9 Å². The van der Waals surface area contributed by atoms with Crippen LogP contribution < -0.4 is 0 Å². The molecule has 0 spiro atoms. The van der Waals surface area contributed by atoms with E-state index >= 15 is 0 Å². The number of rotatable bonds is 5. The highest BCUT2D eigenvalue weighted by atomic mass is 32.2. The van der Waals surface area contributed by atoms with E-state index in [4.69, 9.17) is 12.2 Å². The molecule has 0 radical (unpaired) electrons. The van der Waals surface area contributed by atoms with Gasteiger partial charge in [-0.15, -0.1) is 0 Å². The van der Waals surface area contributed by atoms with Crippen LogP contribution in [0.15, 0.2) is 24.4 Å². The van der Waals surface area contributed by atoms with Crippen molar-refractivity contribution in [2.75, 3.05) is 12.0 Å². The maximum absolute atomic E-state index is 5.23. The topological polar surface area (TPSA) is 46.5 Å². The molecule has 0 bridgehead atoms. The molecule has 0 amide bonds. The maximum atomic E-state index is 5.23. The van der Waals surface area contributed by atoms with E-state index in [0.29, 0.717) is 4.77 Å². The second-order valence-corrected chi connectivity index (χ2v) is 4.94. The average Bonchev–Trinajstić information content (AvgIpc) is 2.73.